The molecule has 7 nitrogen and oxygen atoms in total. The molecule has 10 heteroatoms. The topological polar surface area (TPSA) is 108 Å². The van der Waals surface area contributed by atoms with Crippen molar-refractivity contribution in [3.8, 4) is 0 Å². The van der Waals surface area contributed by atoms with E-state index in [0.29, 0.717) is 31.2 Å². The number of aromatic nitrogens is 3. The highest BCUT2D eigenvalue weighted by Gasteiger charge is 2.18. The lowest BCUT2D eigenvalue weighted by Gasteiger charge is -2.08. The monoisotopic (exact) mass is 403 g/mol. The molecule has 0 amide bonds. The molecular formula is C15H22ClN5O2S2. The summed E-state index contributed by atoms with van der Waals surface area (Å²) in [5.41, 5.74) is 15.5. The fraction of sp³-hybridized carbons (Fsp3) is 0.467. The number of rotatable bonds is 7. The van der Waals surface area contributed by atoms with Crippen LogP contribution < -0.4 is 28.4 Å². The molecule has 2 aromatic rings. The summed E-state index contributed by atoms with van der Waals surface area (Å²) in [5, 5.41) is 0. The van der Waals surface area contributed by atoms with Gasteiger partial charge in [-0.3, -0.25) is 4.79 Å². The summed E-state index contributed by atoms with van der Waals surface area (Å²) < 4.78 is 7.25. The second kappa shape index (κ2) is 9.91. The number of hydrogen-bond acceptors (Lipinski definition) is 8. The smallest absolute Gasteiger partial charge is 0.323 e. The second-order valence-electron chi connectivity index (χ2n) is 5.39. The molecule has 0 aliphatic heterocycles. The van der Waals surface area contributed by atoms with E-state index in [9.17, 15) is 4.79 Å². The van der Waals surface area contributed by atoms with E-state index in [-0.39, 0.29) is 18.2 Å². The van der Waals surface area contributed by atoms with E-state index in [2.05, 4.69) is 27.2 Å². The fourth-order valence-corrected chi connectivity index (χ4v) is 3.22. The predicted molar refractivity (Wildman–Crippen MR) is 96.0 cm³/mol. The Morgan fingerprint density at radius 3 is 2.84 bits per heavy atom. The van der Waals surface area contributed by atoms with E-state index in [1.165, 1.54) is 0 Å². The number of carbonyl (C=O) groups is 1. The average molecular weight is 404 g/mol. The third kappa shape index (κ3) is 5.81. The number of ether oxygens (including phenoxy) is 1. The number of halogens is 1. The van der Waals surface area contributed by atoms with Crippen LogP contribution in [0.3, 0.4) is 0 Å². The van der Waals surface area contributed by atoms with Crippen molar-refractivity contribution in [2.75, 3.05) is 18.1 Å². The number of thiol groups is 1. The first-order valence-electron chi connectivity index (χ1n) is 7.49. The van der Waals surface area contributed by atoms with Gasteiger partial charge in [-0.25, -0.2) is 9.97 Å². The molecule has 138 valence electrons. The zero-order valence-electron chi connectivity index (χ0n) is 14.1. The maximum Gasteiger partial charge on any atom is 0.323 e. The van der Waals surface area contributed by atoms with Gasteiger partial charge >= 0.3 is 5.97 Å². The lowest BCUT2D eigenvalue weighted by atomic mass is 10.2. The minimum absolute atomic E-state index is 0. The molecule has 2 aromatic heterocycles. The normalized spacial score (nSPS) is 11.7. The number of hydrogen-bond donors (Lipinski definition) is 3. The largest absolute Gasteiger partial charge is 1.00 e. The first kappa shape index (κ1) is 21.6. The highest BCUT2D eigenvalue weighted by molar-refractivity contribution is 7.80. The molecule has 0 saturated carbocycles. The molecule has 2 rings (SSSR count). The number of thiazole rings is 1. The number of nitrogens with zero attached hydrogens (tertiary/aromatic N) is 3. The molecule has 0 aliphatic rings. The van der Waals surface area contributed by atoms with Crippen LogP contribution in [0.1, 0.15) is 22.0 Å². The van der Waals surface area contributed by atoms with Gasteiger partial charge in [0.05, 0.1) is 17.0 Å². The molecule has 0 unspecified atom stereocenters. The molecule has 0 bridgehead atoms. The molecule has 0 spiro atoms. The van der Waals surface area contributed by atoms with E-state index in [1.807, 2.05) is 19.4 Å². The first-order chi connectivity index (χ1) is 11.4. The number of nitrogen functional groups attached to an aromatic ring is 1. The van der Waals surface area contributed by atoms with Gasteiger partial charge in [0.15, 0.2) is 12.2 Å². The minimum atomic E-state index is -0.674. The zero-order chi connectivity index (χ0) is 17.7. The molecule has 0 radical (unpaired) electrons. The van der Waals surface area contributed by atoms with Crippen molar-refractivity contribution in [1.29, 1.82) is 0 Å². The van der Waals surface area contributed by atoms with E-state index in [4.69, 9.17) is 16.2 Å². The van der Waals surface area contributed by atoms with Gasteiger partial charge in [0.1, 0.15) is 17.7 Å². The summed E-state index contributed by atoms with van der Waals surface area (Å²) in [6.07, 6.45) is 2.40. The van der Waals surface area contributed by atoms with Gasteiger partial charge in [0.25, 0.3) is 0 Å². The summed E-state index contributed by atoms with van der Waals surface area (Å²) in [4.78, 5) is 21.1. The van der Waals surface area contributed by atoms with Crippen molar-refractivity contribution < 1.29 is 26.5 Å². The van der Waals surface area contributed by atoms with Crippen LogP contribution in [0.25, 0.3) is 0 Å². The lowest BCUT2D eigenvalue weighted by molar-refractivity contribution is -0.689. The van der Waals surface area contributed by atoms with Gasteiger partial charge in [-0.2, -0.15) is 17.2 Å². The van der Waals surface area contributed by atoms with Crippen molar-refractivity contribution in [3.63, 3.8) is 0 Å². The molecule has 25 heavy (non-hydrogen) atoms. The third-order valence-corrected chi connectivity index (χ3v) is 5.13. The Morgan fingerprint density at radius 1 is 1.48 bits per heavy atom. The van der Waals surface area contributed by atoms with Crippen molar-refractivity contribution in [3.05, 3.63) is 33.7 Å². The summed E-state index contributed by atoms with van der Waals surface area (Å²) in [6.45, 7) is 4.75. The lowest BCUT2D eigenvalue weighted by Crippen LogP contribution is -3.00. The third-order valence-electron chi connectivity index (χ3n) is 3.59. The van der Waals surface area contributed by atoms with Crippen LogP contribution in [0.5, 0.6) is 0 Å². The molecule has 0 fully saturated rings. The molecule has 0 saturated heterocycles. The Hall–Kier alpha value is -1.42. The van der Waals surface area contributed by atoms with Crippen molar-refractivity contribution in [2.45, 2.75) is 32.9 Å². The van der Waals surface area contributed by atoms with E-state index < -0.39 is 12.0 Å². The molecule has 0 aliphatic carbocycles. The van der Waals surface area contributed by atoms with E-state index in [0.717, 1.165) is 16.1 Å². The van der Waals surface area contributed by atoms with Crippen LogP contribution in [0.4, 0.5) is 5.82 Å². The number of carbonyl (C=O) groups excluding carboxylic acids is 1. The predicted octanol–water partition coefficient (Wildman–Crippen LogP) is -2.58. The molecule has 2 heterocycles. The Kier molecular flexibility index (Phi) is 8.57. The minimum Gasteiger partial charge on any atom is -1.00 e. The van der Waals surface area contributed by atoms with Gasteiger partial charge in [-0.15, -0.1) is 0 Å². The summed E-state index contributed by atoms with van der Waals surface area (Å²) >= 11 is 5.59. The Bertz CT molecular complexity index is 726. The maximum atomic E-state index is 11.5. The van der Waals surface area contributed by atoms with Crippen LogP contribution in [0.2, 0.25) is 0 Å². The zero-order valence-corrected chi connectivity index (χ0v) is 16.6. The summed E-state index contributed by atoms with van der Waals surface area (Å²) in [5.74, 6) is 1.01. The van der Waals surface area contributed by atoms with Crippen LogP contribution in [0.15, 0.2) is 11.7 Å². The van der Waals surface area contributed by atoms with Crippen LogP contribution in [-0.4, -0.2) is 34.3 Å². The van der Waals surface area contributed by atoms with E-state index >= 15 is 0 Å². The van der Waals surface area contributed by atoms with Crippen molar-refractivity contribution >= 4 is 35.8 Å². The number of anilines is 1. The van der Waals surface area contributed by atoms with E-state index in [1.54, 1.807) is 17.5 Å². The summed E-state index contributed by atoms with van der Waals surface area (Å²) in [7, 11) is 0. The Labute approximate surface area is 162 Å². The van der Waals surface area contributed by atoms with Gasteiger partial charge in [0, 0.05) is 25.3 Å². The standard InChI is InChI=1S/C15H21N5O2S2.ClH/c1-9-13(3-4-22-15(21)12(16)7-23)24-8-20(9)6-11-5-18-10(2)19-14(11)17;/h5,8,12H,3-4,6-7,16H2,1-2H3,(H2-,17,18,19,23);1H/t12-;/m0./s1. The molecule has 4 N–H and O–H groups in total. The quantitative estimate of drug-likeness (QED) is 0.266. The first-order valence-corrected chi connectivity index (χ1v) is 9.01. The van der Waals surface area contributed by atoms with Gasteiger partial charge in [-0.05, 0) is 6.92 Å². The average Bonchev–Trinajstić information content (AvgIpc) is 2.89. The second-order valence-corrected chi connectivity index (χ2v) is 6.70. The highest BCUT2D eigenvalue weighted by atomic mass is 35.5. The maximum absolute atomic E-state index is 11.5. The molecular weight excluding hydrogens is 382 g/mol. The fourth-order valence-electron chi connectivity index (χ4n) is 2.09. The van der Waals surface area contributed by atoms with Gasteiger partial charge in [-0.1, -0.05) is 11.3 Å². The Balaban J connectivity index is 0.00000312. The summed E-state index contributed by atoms with van der Waals surface area (Å²) in [6, 6.07) is -0.674. The van der Waals surface area contributed by atoms with Crippen molar-refractivity contribution in [2.24, 2.45) is 5.73 Å². The highest BCUT2D eigenvalue weighted by Crippen LogP contribution is 2.14. The molecule has 1 atom stereocenters. The van der Waals surface area contributed by atoms with Crippen LogP contribution in [-0.2, 0) is 22.5 Å². The van der Waals surface area contributed by atoms with Gasteiger partial charge < -0.3 is 28.6 Å². The SMILES string of the molecule is Cc1ncc(C[n+]2csc(CCOC(=O)[C@@H](N)CS)c2C)c(N)n1.[Cl-]. The number of esters is 1. The van der Waals surface area contributed by atoms with Crippen molar-refractivity contribution in [1.82, 2.24) is 9.97 Å². The number of nitrogens with two attached hydrogens (primary N) is 2. The molecule has 0 aromatic carbocycles. The number of aryl methyl sites for hydroxylation is 1. The van der Waals surface area contributed by atoms with Crippen LogP contribution in [0, 0.1) is 13.8 Å². The van der Waals surface area contributed by atoms with Crippen LogP contribution >= 0.6 is 24.0 Å². The Morgan fingerprint density at radius 2 is 2.20 bits per heavy atom. The van der Waals surface area contributed by atoms with Gasteiger partial charge in [0.2, 0.25) is 5.51 Å².